The molecule has 1 saturated carbocycles. The van der Waals surface area contributed by atoms with Crippen LogP contribution < -0.4 is 10.7 Å². The number of hydrogen-bond acceptors (Lipinski definition) is 4. The molecule has 5 rings (SSSR count). The molecule has 1 N–H and O–H groups in total. The standard InChI is InChI=1S/C25H26N4O/c1-29-16-20(15-28-29)19-11-23-24(27-14-19)10-8-18-7-9-21(12-22(18)25(23)30)26-13-17-5-3-2-4-6-17/h7-12,14-17,26H,2-6,13H2,1H3. The average Bonchev–Trinajstić information content (AvgIpc) is 3.17. The highest BCUT2D eigenvalue weighted by molar-refractivity contribution is 5.94. The monoisotopic (exact) mass is 398 g/mol. The summed E-state index contributed by atoms with van der Waals surface area (Å²) in [6.45, 7) is 0.978. The zero-order valence-electron chi connectivity index (χ0n) is 17.3. The van der Waals surface area contributed by atoms with E-state index in [0.717, 1.165) is 40.0 Å². The maximum Gasteiger partial charge on any atom is 0.195 e. The second kappa shape index (κ2) is 7.90. The molecule has 2 heterocycles. The van der Waals surface area contributed by atoms with Crippen LogP contribution in [0.25, 0.3) is 32.8 Å². The second-order valence-corrected chi connectivity index (χ2v) is 8.41. The molecule has 0 amide bonds. The Labute approximate surface area is 175 Å². The zero-order chi connectivity index (χ0) is 20.5. The summed E-state index contributed by atoms with van der Waals surface area (Å²) >= 11 is 0. The minimum Gasteiger partial charge on any atom is -0.385 e. The van der Waals surface area contributed by atoms with Gasteiger partial charge in [-0.15, -0.1) is 0 Å². The number of hydrogen-bond donors (Lipinski definition) is 1. The first-order chi connectivity index (χ1) is 14.7. The van der Waals surface area contributed by atoms with Crippen LogP contribution in [-0.4, -0.2) is 21.3 Å². The number of nitrogens with zero attached hydrogens (tertiary/aromatic N) is 3. The molecular formula is C25H26N4O. The molecule has 2 aromatic heterocycles. The lowest BCUT2D eigenvalue weighted by molar-refractivity contribution is 0.373. The maximum atomic E-state index is 13.4. The Balaban J connectivity index is 1.55. The molecule has 152 valence electrons. The fourth-order valence-corrected chi connectivity index (χ4v) is 4.49. The fraction of sp³-hybridized carbons (Fsp3) is 0.320. The first-order valence-electron chi connectivity index (χ1n) is 10.8. The van der Waals surface area contributed by atoms with Gasteiger partial charge in [-0.1, -0.05) is 31.4 Å². The van der Waals surface area contributed by atoms with Crippen LogP contribution in [0, 0.1) is 5.92 Å². The van der Waals surface area contributed by atoms with Crippen LogP contribution >= 0.6 is 0 Å². The highest BCUT2D eigenvalue weighted by atomic mass is 16.1. The molecule has 0 unspecified atom stereocenters. The normalized spacial score (nSPS) is 15.0. The van der Waals surface area contributed by atoms with Crippen LogP contribution in [0.2, 0.25) is 0 Å². The van der Waals surface area contributed by atoms with Gasteiger partial charge >= 0.3 is 0 Å². The van der Waals surface area contributed by atoms with Crippen LogP contribution in [0.5, 0.6) is 0 Å². The summed E-state index contributed by atoms with van der Waals surface area (Å²) in [4.78, 5) is 18.0. The zero-order valence-corrected chi connectivity index (χ0v) is 17.3. The van der Waals surface area contributed by atoms with Crippen molar-refractivity contribution in [2.24, 2.45) is 13.0 Å². The number of nitrogens with one attached hydrogen (secondary N) is 1. The third-order valence-electron chi connectivity index (χ3n) is 6.24. The number of aromatic nitrogens is 3. The van der Waals surface area contributed by atoms with E-state index in [1.54, 1.807) is 17.1 Å². The summed E-state index contributed by atoms with van der Waals surface area (Å²) in [5.41, 5.74) is 3.60. The van der Waals surface area contributed by atoms with Crippen molar-refractivity contribution in [1.29, 1.82) is 0 Å². The van der Waals surface area contributed by atoms with Crippen molar-refractivity contribution in [1.82, 2.24) is 14.8 Å². The highest BCUT2D eigenvalue weighted by Crippen LogP contribution is 2.26. The van der Waals surface area contributed by atoms with Crippen LogP contribution in [0.1, 0.15) is 32.1 Å². The third-order valence-corrected chi connectivity index (χ3v) is 6.24. The second-order valence-electron chi connectivity index (χ2n) is 8.41. The van der Waals surface area contributed by atoms with E-state index < -0.39 is 0 Å². The van der Waals surface area contributed by atoms with E-state index in [0.29, 0.717) is 10.9 Å². The Morgan fingerprint density at radius 3 is 2.63 bits per heavy atom. The lowest BCUT2D eigenvalue weighted by Gasteiger charge is -2.22. The van der Waals surface area contributed by atoms with Crippen molar-refractivity contribution < 1.29 is 0 Å². The molecule has 0 radical (unpaired) electrons. The summed E-state index contributed by atoms with van der Waals surface area (Å²) in [6.07, 6.45) is 12.2. The van der Waals surface area contributed by atoms with Crippen molar-refractivity contribution in [3.63, 3.8) is 0 Å². The molecule has 0 aliphatic heterocycles. The predicted molar refractivity (Wildman–Crippen MR) is 123 cm³/mol. The Morgan fingerprint density at radius 1 is 1.00 bits per heavy atom. The van der Waals surface area contributed by atoms with Gasteiger partial charge in [-0.05, 0) is 48.4 Å². The van der Waals surface area contributed by atoms with Crippen molar-refractivity contribution >= 4 is 27.4 Å². The van der Waals surface area contributed by atoms with Gasteiger partial charge < -0.3 is 5.32 Å². The molecule has 0 bridgehead atoms. The van der Waals surface area contributed by atoms with E-state index in [4.69, 9.17) is 0 Å². The van der Waals surface area contributed by atoms with Crippen LogP contribution in [0.3, 0.4) is 0 Å². The molecule has 1 fully saturated rings. The van der Waals surface area contributed by atoms with E-state index in [1.165, 1.54) is 32.1 Å². The van der Waals surface area contributed by atoms with E-state index in [9.17, 15) is 4.79 Å². The maximum absolute atomic E-state index is 13.4. The number of rotatable bonds is 4. The van der Waals surface area contributed by atoms with E-state index in [-0.39, 0.29) is 5.43 Å². The molecule has 0 atom stereocenters. The van der Waals surface area contributed by atoms with Gasteiger partial charge in [-0.25, -0.2) is 0 Å². The molecule has 30 heavy (non-hydrogen) atoms. The van der Waals surface area contributed by atoms with Gasteiger partial charge in [0.15, 0.2) is 5.43 Å². The van der Waals surface area contributed by atoms with Crippen molar-refractivity contribution in [2.45, 2.75) is 32.1 Å². The summed E-state index contributed by atoms with van der Waals surface area (Å²) in [5.74, 6) is 0.736. The number of fused-ring (bicyclic) bond motifs is 2. The summed E-state index contributed by atoms with van der Waals surface area (Å²) in [6, 6.07) is 12.0. The third kappa shape index (κ3) is 3.67. The van der Waals surface area contributed by atoms with Crippen molar-refractivity contribution in [3.8, 4) is 11.1 Å². The number of anilines is 1. The molecule has 1 aliphatic rings. The number of benzene rings is 1. The molecule has 4 aromatic rings. The predicted octanol–water partition coefficient (Wildman–Crippen LogP) is 5.14. The van der Waals surface area contributed by atoms with Gasteiger partial charge in [0.2, 0.25) is 0 Å². The van der Waals surface area contributed by atoms with Gasteiger partial charge in [0, 0.05) is 53.6 Å². The SMILES string of the molecule is Cn1cc(-c2cnc3ccc4ccc(NCC5CCCCC5)cc4c(=O)c3c2)cn1. The minimum atomic E-state index is 0.0181. The Morgan fingerprint density at radius 2 is 1.83 bits per heavy atom. The van der Waals surface area contributed by atoms with Crippen LogP contribution in [0.15, 0.2) is 59.8 Å². The number of pyridine rings is 1. The van der Waals surface area contributed by atoms with Crippen LogP contribution in [0.4, 0.5) is 5.69 Å². The van der Waals surface area contributed by atoms with E-state index in [2.05, 4.69) is 21.5 Å². The van der Waals surface area contributed by atoms with Crippen molar-refractivity contribution in [2.75, 3.05) is 11.9 Å². The Hall–Kier alpha value is -3.21. The number of aryl methyl sites for hydroxylation is 1. The molecule has 0 spiro atoms. The molecular weight excluding hydrogens is 372 g/mol. The van der Waals surface area contributed by atoms with Gasteiger partial charge in [-0.2, -0.15) is 5.10 Å². The lowest BCUT2D eigenvalue weighted by atomic mass is 9.89. The average molecular weight is 399 g/mol. The van der Waals surface area contributed by atoms with E-state index >= 15 is 0 Å². The topological polar surface area (TPSA) is 59.8 Å². The smallest absolute Gasteiger partial charge is 0.195 e. The Bertz CT molecular complexity index is 1270. The summed E-state index contributed by atoms with van der Waals surface area (Å²) in [7, 11) is 1.88. The fourth-order valence-electron chi connectivity index (χ4n) is 4.49. The Kier molecular flexibility index (Phi) is 4.95. The highest BCUT2D eigenvalue weighted by Gasteiger charge is 2.13. The first-order valence-corrected chi connectivity index (χ1v) is 10.8. The summed E-state index contributed by atoms with van der Waals surface area (Å²) < 4.78 is 1.75. The lowest BCUT2D eigenvalue weighted by Crippen LogP contribution is -2.17. The minimum absolute atomic E-state index is 0.0181. The summed E-state index contributed by atoms with van der Waals surface area (Å²) in [5, 5.41) is 10.1. The molecule has 0 saturated heterocycles. The molecule has 2 aromatic carbocycles. The van der Waals surface area contributed by atoms with Gasteiger partial charge in [0.1, 0.15) is 0 Å². The first kappa shape index (κ1) is 18.8. The molecule has 1 aliphatic carbocycles. The molecule has 5 heteroatoms. The largest absolute Gasteiger partial charge is 0.385 e. The van der Waals surface area contributed by atoms with Crippen LogP contribution in [-0.2, 0) is 7.05 Å². The van der Waals surface area contributed by atoms with Gasteiger partial charge in [0.25, 0.3) is 0 Å². The van der Waals surface area contributed by atoms with Crippen molar-refractivity contribution in [3.05, 3.63) is 65.2 Å². The van der Waals surface area contributed by atoms with Gasteiger partial charge in [-0.3, -0.25) is 14.5 Å². The quantitative estimate of drug-likeness (QED) is 0.517. The van der Waals surface area contributed by atoms with E-state index in [1.807, 2.05) is 43.6 Å². The molecule has 5 nitrogen and oxygen atoms in total. The van der Waals surface area contributed by atoms with Gasteiger partial charge in [0.05, 0.1) is 11.7 Å².